The van der Waals surface area contributed by atoms with Crippen molar-refractivity contribution < 1.29 is 4.74 Å². The molecular weight excluding hydrogens is 206 g/mol. The van der Waals surface area contributed by atoms with Crippen molar-refractivity contribution in [2.75, 3.05) is 20.3 Å². The minimum Gasteiger partial charge on any atom is -0.383 e. The molecule has 0 fully saturated rings. The molecule has 1 rings (SSSR count). The van der Waals surface area contributed by atoms with Crippen LogP contribution in [0.2, 0.25) is 0 Å². The Hall–Kier alpha value is -1.20. The minimum atomic E-state index is -0.0815. The fourth-order valence-electron chi connectivity index (χ4n) is 1.40. The number of aromatic nitrogens is 2. The maximum absolute atomic E-state index is 11.3. The molecule has 5 nitrogen and oxygen atoms in total. The Morgan fingerprint density at radius 3 is 3.06 bits per heavy atom. The van der Waals surface area contributed by atoms with Crippen LogP contribution in [0.1, 0.15) is 24.9 Å². The van der Waals surface area contributed by atoms with Crippen molar-refractivity contribution in [1.29, 1.82) is 0 Å². The normalized spacial score (nSPS) is 10.6. The third-order valence-electron chi connectivity index (χ3n) is 2.12. The lowest BCUT2D eigenvalue weighted by Crippen LogP contribution is -2.22. The van der Waals surface area contributed by atoms with Crippen LogP contribution in [0.3, 0.4) is 0 Å². The Bertz CT molecular complexity index is 362. The second kappa shape index (κ2) is 7.14. The SMILES string of the molecule is CCCc1nc(CNCCOC)cc(=O)[nH]1. The number of rotatable bonds is 7. The van der Waals surface area contributed by atoms with Gasteiger partial charge in [0.25, 0.3) is 5.56 Å². The average Bonchev–Trinajstić information content (AvgIpc) is 2.24. The van der Waals surface area contributed by atoms with Crippen molar-refractivity contribution in [2.24, 2.45) is 0 Å². The molecule has 0 spiro atoms. The van der Waals surface area contributed by atoms with Crippen molar-refractivity contribution in [3.8, 4) is 0 Å². The molecule has 16 heavy (non-hydrogen) atoms. The highest BCUT2D eigenvalue weighted by molar-refractivity contribution is 5.02. The van der Waals surface area contributed by atoms with E-state index in [0.29, 0.717) is 13.2 Å². The van der Waals surface area contributed by atoms with Crippen molar-refractivity contribution >= 4 is 0 Å². The van der Waals surface area contributed by atoms with Gasteiger partial charge >= 0.3 is 0 Å². The molecule has 0 aromatic carbocycles. The van der Waals surface area contributed by atoms with Gasteiger partial charge in [-0.25, -0.2) is 4.98 Å². The van der Waals surface area contributed by atoms with Crippen molar-refractivity contribution in [2.45, 2.75) is 26.3 Å². The molecule has 1 aromatic heterocycles. The van der Waals surface area contributed by atoms with E-state index >= 15 is 0 Å². The van der Waals surface area contributed by atoms with Gasteiger partial charge in [0.15, 0.2) is 0 Å². The molecule has 0 amide bonds. The maximum Gasteiger partial charge on any atom is 0.251 e. The molecule has 0 radical (unpaired) electrons. The van der Waals surface area contributed by atoms with Crippen molar-refractivity contribution in [3.05, 3.63) is 27.9 Å². The Morgan fingerprint density at radius 1 is 1.56 bits per heavy atom. The van der Waals surface area contributed by atoms with Crippen LogP contribution < -0.4 is 10.9 Å². The van der Waals surface area contributed by atoms with Gasteiger partial charge in [0.1, 0.15) is 5.82 Å². The maximum atomic E-state index is 11.3. The highest BCUT2D eigenvalue weighted by atomic mass is 16.5. The van der Waals surface area contributed by atoms with Gasteiger partial charge in [-0.15, -0.1) is 0 Å². The van der Waals surface area contributed by atoms with E-state index in [2.05, 4.69) is 22.2 Å². The first-order valence-corrected chi connectivity index (χ1v) is 5.55. The Balaban J connectivity index is 2.54. The average molecular weight is 225 g/mol. The summed E-state index contributed by atoms with van der Waals surface area (Å²) >= 11 is 0. The van der Waals surface area contributed by atoms with Crippen LogP contribution in [-0.2, 0) is 17.7 Å². The fourth-order valence-corrected chi connectivity index (χ4v) is 1.40. The summed E-state index contributed by atoms with van der Waals surface area (Å²) in [5.41, 5.74) is 0.699. The Kier molecular flexibility index (Phi) is 5.74. The van der Waals surface area contributed by atoms with E-state index in [4.69, 9.17) is 4.74 Å². The predicted molar refractivity (Wildman–Crippen MR) is 62.4 cm³/mol. The second-order valence-corrected chi connectivity index (χ2v) is 3.60. The number of aromatic amines is 1. The predicted octanol–water partition coefficient (Wildman–Crippen LogP) is 0.458. The smallest absolute Gasteiger partial charge is 0.251 e. The fraction of sp³-hybridized carbons (Fsp3) is 0.636. The monoisotopic (exact) mass is 225 g/mol. The molecule has 1 heterocycles. The molecule has 0 saturated heterocycles. The third-order valence-corrected chi connectivity index (χ3v) is 2.12. The number of ether oxygens (including phenoxy) is 1. The van der Waals surface area contributed by atoms with Gasteiger partial charge in [0.2, 0.25) is 0 Å². The second-order valence-electron chi connectivity index (χ2n) is 3.60. The van der Waals surface area contributed by atoms with Gasteiger partial charge in [0.05, 0.1) is 12.3 Å². The van der Waals surface area contributed by atoms with Crippen LogP contribution in [0.4, 0.5) is 0 Å². The van der Waals surface area contributed by atoms with Crippen LogP contribution >= 0.6 is 0 Å². The van der Waals surface area contributed by atoms with Crippen LogP contribution in [-0.4, -0.2) is 30.2 Å². The van der Waals surface area contributed by atoms with Gasteiger partial charge in [-0.1, -0.05) is 6.92 Å². The molecule has 0 aliphatic rings. The summed E-state index contributed by atoms with van der Waals surface area (Å²) in [6, 6.07) is 1.53. The van der Waals surface area contributed by atoms with E-state index in [9.17, 15) is 4.79 Å². The zero-order valence-corrected chi connectivity index (χ0v) is 9.88. The molecule has 0 saturated carbocycles. The Labute approximate surface area is 95.3 Å². The molecule has 0 unspecified atom stereocenters. The van der Waals surface area contributed by atoms with Crippen LogP contribution in [0.15, 0.2) is 10.9 Å². The molecule has 0 aliphatic carbocycles. The summed E-state index contributed by atoms with van der Waals surface area (Å²) in [6.07, 6.45) is 1.78. The first-order valence-electron chi connectivity index (χ1n) is 5.55. The van der Waals surface area contributed by atoms with Crippen molar-refractivity contribution in [1.82, 2.24) is 15.3 Å². The zero-order valence-electron chi connectivity index (χ0n) is 9.88. The summed E-state index contributed by atoms with van der Waals surface area (Å²) < 4.78 is 4.91. The first kappa shape index (κ1) is 12.9. The van der Waals surface area contributed by atoms with E-state index in [1.807, 2.05) is 0 Å². The Morgan fingerprint density at radius 2 is 2.38 bits per heavy atom. The van der Waals surface area contributed by atoms with E-state index in [-0.39, 0.29) is 5.56 Å². The molecule has 0 atom stereocenters. The molecule has 5 heteroatoms. The number of nitrogens with one attached hydrogen (secondary N) is 2. The molecular formula is C11H19N3O2. The highest BCUT2D eigenvalue weighted by Crippen LogP contribution is 1.95. The summed E-state index contributed by atoms with van der Waals surface area (Å²) in [6.45, 7) is 4.08. The van der Waals surface area contributed by atoms with E-state index < -0.39 is 0 Å². The van der Waals surface area contributed by atoms with E-state index in [0.717, 1.165) is 30.9 Å². The number of hydrogen-bond acceptors (Lipinski definition) is 4. The van der Waals surface area contributed by atoms with Crippen LogP contribution in [0.5, 0.6) is 0 Å². The third kappa shape index (κ3) is 4.55. The molecule has 0 bridgehead atoms. The van der Waals surface area contributed by atoms with Gasteiger partial charge < -0.3 is 15.0 Å². The standard InChI is InChI=1S/C11H19N3O2/c1-3-4-10-13-9(7-11(15)14-10)8-12-5-6-16-2/h7,12H,3-6,8H2,1-2H3,(H,13,14,15). The lowest BCUT2D eigenvalue weighted by atomic mass is 10.3. The zero-order chi connectivity index (χ0) is 11.8. The topological polar surface area (TPSA) is 67.0 Å². The quantitative estimate of drug-likeness (QED) is 0.661. The van der Waals surface area contributed by atoms with Crippen LogP contribution in [0.25, 0.3) is 0 Å². The first-order chi connectivity index (χ1) is 7.76. The molecule has 2 N–H and O–H groups in total. The summed E-state index contributed by atoms with van der Waals surface area (Å²) in [5, 5.41) is 3.16. The number of methoxy groups -OCH3 is 1. The number of aryl methyl sites for hydroxylation is 1. The lowest BCUT2D eigenvalue weighted by molar-refractivity contribution is 0.199. The number of nitrogens with zero attached hydrogens (tertiary/aromatic N) is 1. The minimum absolute atomic E-state index is 0.0815. The van der Waals surface area contributed by atoms with Crippen LogP contribution in [0, 0.1) is 0 Å². The molecule has 0 aliphatic heterocycles. The number of H-pyrrole nitrogens is 1. The van der Waals surface area contributed by atoms with Crippen molar-refractivity contribution in [3.63, 3.8) is 0 Å². The highest BCUT2D eigenvalue weighted by Gasteiger charge is 2.00. The van der Waals surface area contributed by atoms with Gasteiger partial charge in [0, 0.05) is 32.7 Å². The number of hydrogen-bond donors (Lipinski definition) is 2. The van der Waals surface area contributed by atoms with E-state index in [1.54, 1.807) is 7.11 Å². The van der Waals surface area contributed by atoms with Gasteiger partial charge in [-0.2, -0.15) is 0 Å². The molecule has 1 aromatic rings. The lowest BCUT2D eigenvalue weighted by Gasteiger charge is -2.05. The molecule has 90 valence electrons. The van der Waals surface area contributed by atoms with Gasteiger partial charge in [-0.05, 0) is 6.42 Å². The summed E-state index contributed by atoms with van der Waals surface area (Å²) in [4.78, 5) is 18.4. The summed E-state index contributed by atoms with van der Waals surface area (Å²) in [5.74, 6) is 0.763. The van der Waals surface area contributed by atoms with E-state index in [1.165, 1.54) is 6.07 Å². The summed E-state index contributed by atoms with van der Waals surface area (Å²) in [7, 11) is 1.66. The largest absolute Gasteiger partial charge is 0.383 e. The van der Waals surface area contributed by atoms with Gasteiger partial charge in [-0.3, -0.25) is 4.79 Å².